The van der Waals surface area contributed by atoms with Crippen LogP contribution in [0.3, 0.4) is 0 Å². The first-order chi connectivity index (χ1) is 8.27. The van der Waals surface area contributed by atoms with Gasteiger partial charge < -0.3 is 10.8 Å². The summed E-state index contributed by atoms with van der Waals surface area (Å²) in [4.78, 5) is 11.0. The molecule has 0 amide bonds. The highest BCUT2D eigenvalue weighted by molar-refractivity contribution is 9.10. The minimum absolute atomic E-state index is 0.116. The van der Waals surface area contributed by atoms with Gasteiger partial charge in [0.25, 0.3) is 10.0 Å². The van der Waals surface area contributed by atoms with Crippen molar-refractivity contribution in [1.29, 1.82) is 0 Å². The molecule has 1 aliphatic heterocycles. The van der Waals surface area contributed by atoms with Gasteiger partial charge in [-0.25, -0.2) is 8.42 Å². The fourth-order valence-electron chi connectivity index (χ4n) is 1.76. The Labute approximate surface area is 117 Å². The van der Waals surface area contributed by atoms with Gasteiger partial charge in [-0.15, -0.1) is 11.3 Å². The molecule has 3 N–H and O–H groups in total. The maximum atomic E-state index is 12.3. The van der Waals surface area contributed by atoms with Gasteiger partial charge in [0.15, 0.2) is 0 Å². The Morgan fingerprint density at radius 1 is 1.61 bits per heavy atom. The van der Waals surface area contributed by atoms with Gasteiger partial charge in [0, 0.05) is 17.6 Å². The molecule has 0 radical (unpaired) electrons. The van der Waals surface area contributed by atoms with Gasteiger partial charge in [0.05, 0.1) is 0 Å². The summed E-state index contributed by atoms with van der Waals surface area (Å²) in [5.74, 6) is -1.18. The highest BCUT2D eigenvalue weighted by atomic mass is 79.9. The molecule has 100 valence electrons. The van der Waals surface area contributed by atoms with Crippen LogP contribution in [-0.2, 0) is 14.8 Å². The zero-order valence-corrected chi connectivity index (χ0v) is 12.4. The Bertz CT molecular complexity index is 585. The molecular weight excluding hydrogens is 344 g/mol. The number of carboxylic acid groups (broad SMARTS) is 1. The molecule has 1 aromatic rings. The van der Waals surface area contributed by atoms with Gasteiger partial charge in [0.2, 0.25) is 0 Å². The lowest BCUT2D eigenvalue weighted by atomic mass is 10.0. The molecule has 0 aromatic carbocycles. The third-order valence-corrected chi connectivity index (χ3v) is 7.34. The molecule has 18 heavy (non-hydrogen) atoms. The van der Waals surface area contributed by atoms with Crippen molar-refractivity contribution in [3.63, 3.8) is 0 Å². The van der Waals surface area contributed by atoms with Crippen molar-refractivity contribution in [1.82, 2.24) is 4.31 Å². The van der Waals surface area contributed by atoms with E-state index < -0.39 is 21.5 Å². The quantitative estimate of drug-likeness (QED) is 0.831. The first-order valence-corrected chi connectivity index (χ1v) is 8.14. The molecule has 0 aliphatic carbocycles. The fraction of sp³-hybridized carbons (Fsp3) is 0.444. The van der Waals surface area contributed by atoms with Crippen LogP contribution < -0.4 is 5.73 Å². The van der Waals surface area contributed by atoms with E-state index in [4.69, 9.17) is 10.8 Å². The molecule has 2 heterocycles. The Kier molecular flexibility index (Phi) is 3.54. The Hall–Kier alpha value is -0.480. The highest BCUT2D eigenvalue weighted by Crippen LogP contribution is 2.33. The number of carbonyl (C=O) groups is 1. The molecule has 9 heteroatoms. The minimum Gasteiger partial charge on any atom is -0.480 e. The zero-order valence-electron chi connectivity index (χ0n) is 9.17. The van der Waals surface area contributed by atoms with Crippen molar-refractivity contribution in [3.05, 3.63) is 15.9 Å². The predicted octanol–water partition coefficient (Wildman–Crippen LogP) is 0.687. The number of nitrogens with two attached hydrogens (primary N) is 1. The molecule has 1 fully saturated rings. The third-order valence-electron chi connectivity index (χ3n) is 2.85. The third kappa shape index (κ3) is 2.21. The number of hydrogen-bond acceptors (Lipinski definition) is 5. The van der Waals surface area contributed by atoms with E-state index in [1.165, 1.54) is 0 Å². The van der Waals surface area contributed by atoms with Gasteiger partial charge in [0.1, 0.15) is 9.75 Å². The van der Waals surface area contributed by atoms with Crippen LogP contribution in [0.4, 0.5) is 0 Å². The second-order valence-corrected chi connectivity index (χ2v) is 8.01. The van der Waals surface area contributed by atoms with E-state index in [0.29, 0.717) is 4.47 Å². The molecule has 1 aliphatic rings. The number of rotatable bonds is 3. The summed E-state index contributed by atoms with van der Waals surface area (Å²) in [5, 5.41) is 10.6. The van der Waals surface area contributed by atoms with Crippen molar-refractivity contribution in [3.8, 4) is 0 Å². The summed E-state index contributed by atoms with van der Waals surface area (Å²) in [7, 11) is -3.67. The summed E-state index contributed by atoms with van der Waals surface area (Å²) in [6, 6.07) is 1.64. The van der Waals surface area contributed by atoms with Crippen LogP contribution in [0.1, 0.15) is 6.42 Å². The standard InChI is InChI=1S/C9H11BrN2O4S2/c10-6-1-4-17-7(6)18(15,16)12-3-2-9(11,5-12)8(13)14/h1,4H,2-3,5,11H2,(H,13,14). The molecule has 0 bridgehead atoms. The molecule has 0 spiro atoms. The number of hydrogen-bond donors (Lipinski definition) is 2. The lowest BCUT2D eigenvalue weighted by molar-refractivity contribution is -0.142. The van der Waals surface area contributed by atoms with Crippen molar-refractivity contribution in [2.24, 2.45) is 5.73 Å². The molecule has 1 aromatic heterocycles. The van der Waals surface area contributed by atoms with E-state index in [1.807, 2.05) is 0 Å². The van der Waals surface area contributed by atoms with Gasteiger partial charge in [-0.3, -0.25) is 4.79 Å². The monoisotopic (exact) mass is 354 g/mol. The van der Waals surface area contributed by atoms with E-state index in [0.717, 1.165) is 15.6 Å². The average molecular weight is 355 g/mol. The van der Waals surface area contributed by atoms with E-state index in [9.17, 15) is 13.2 Å². The minimum atomic E-state index is -3.67. The van der Waals surface area contributed by atoms with E-state index in [1.54, 1.807) is 11.4 Å². The number of thiophene rings is 1. The maximum Gasteiger partial charge on any atom is 0.325 e. The second kappa shape index (κ2) is 4.57. The van der Waals surface area contributed by atoms with Crippen molar-refractivity contribution in [2.45, 2.75) is 16.2 Å². The van der Waals surface area contributed by atoms with Crippen LogP contribution in [0, 0.1) is 0 Å². The number of aliphatic carboxylic acids is 1. The van der Waals surface area contributed by atoms with Gasteiger partial charge in [-0.05, 0) is 33.8 Å². The smallest absolute Gasteiger partial charge is 0.325 e. The molecule has 1 atom stereocenters. The van der Waals surface area contributed by atoms with Crippen molar-refractivity contribution >= 4 is 43.3 Å². The number of carboxylic acids is 1. The largest absolute Gasteiger partial charge is 0.480 e. The van der Waals surface area contributed by atoms with Gasteiger partial charge in [-0.2, -0.15) is 4.31 Å². The SMILES string of the molecule is NC1(C(=O)O)CCN(S(=O)(=O)c2sccc2Br)C1. The Morgan fingerprint density at radius 2 is 2.28 bits per heavy atom. The summed E-state index contributed by atoms with van der Waals surface area (Å²) in [6.45, 7) is -0.0789. The number of halogens is 1. The molecule has 2 rings (SSSR count). The fourth-order valence-corrected chi connectivity index (χ4v) is 5.72. The van der Waals surface area contributed by atoms with Crippen LogP contribution in [-0.4, -0.2) is 42.4 Å². The second-order valence-electron chi connectivity index (χ2n) is 4.11. The Balaban J connectivity index is 2.30. The van der Waals surface area contributed by atoms with E-state index in [-0.39, 0.29) is 23.7 Å². The molecule has 1 saturated heterocycles. The normalized spacial score (nSPS) is 25.4. The number of nitrogens with zero attached hydrogens (tertiary/aromatic N) is 1. The Morgan fingerprint density at radius 3 is 2.72 bits per heavy atom. The topological polar surface area (TPSA) is 101 Å². The average Bonchev–Trinajstić information content (AvgIpc) is 2.86. The highest BCUT2D eigenvalue weighted by Gasteiger charge is 2.46. The maximum absolute atomic E-state index is 12.3. The van der Waals surface area contributed by atoms with Crippen molar-refractivity contribution in [2.75, 3.05) is 13.1 Å². The van der Waals surface area contributed by atoms with Crippen molar-refractivity contribution < 1.29 is 18.3 Å². The summed E-state index contributed by atoms with van der Waals surface area (Å²) in [5.41, 5.74) is 4.18. The lowest BCUT2D eigenvalue weighted by Gasteiger charge is -2.19. The van der Waals surface area contributed by atoms with Crippen LogP contribution in [0.25, 0.3) is 0 Å². The van der Waals surface area contributed by atoms with E-state index >= 15 is 0 Å². The predicted molar refractivity (Wildman–Crippen MR) is 69.9 cm³/mol. The van der Waals surface area contributed by atoms with Crippen LogP contribution >= 0.6 is 27.3 Å². The van der Waals surface area contributed by atoms with Crippen LogP contribution in [0.2, 0.25) is 0 Å². The van der Waals surface area contributed by atoms with E-state index in [2.05, 4.69) is 15.9 Å². The summed E-state index contributed by atoms with van der Waals surface area (Å²) >= 11 is 4.25. The molecule has 0 saturated carbocycles. The first-order valence-electron chi connectivity index (χ1n) is 5.03. The first kappa shape index (κ1) is 13.9. The van der Waals surface area contributed by atoms with Gasteiger partial charge >= 0.3 is 5.97 Å². The van der Waals surface area contributed by atoms with Gasteiger partial charge in [-0.1, -0.05) is 0 Å². The summed E-state index contributed by atoms with van der Waals surface area (Å²) < 4.78 is 26.4. The zero-order chi connectivity index (χ0) is 13.6. The molecule has 6 nitrogen and oxygen atoms in total. The van der Waals surface area contributed by atoms with Crippen LogP contribution in [0.15, 0.2) is 20.1 Å². The summed E-state index contributed by atoms with van der Waals surface area (Å²) in [6.07, 6.45) is 0.116. The lowest BCUT2D eigenvalue weighted by Crippen LogP contribution is -2.50. The molecular formula is C9H11BrN2O4S2. The molecule has 1 unspecified atom stereocenters. The van der Waals surface area contributed by atoms with Crippen LogP contribution in [0.5, 0.6) is 0 Å². The number of sulfonamides is 1.